The van der Waals surface area contributed by atoms with Crippen molar-refractivity contribution in [3.05, 3.63) is 53.1 Å². The van der Waals surface area contributed by atoms with Crippen LogP contribution in [0.1, 0.15) is 12.8 Å². The lowest BCUT2D eigenvalue weighted by molar-refractivity contribution is 0.208. The summed E-state index contributed by atoms with van der Waals surface area (Å²) in [6.45, 7) is 2.72. The molecule has 29 heavy (non-hydrogen) atoms. The first-order valence-electron chi connectivity index (χ1n) is 9.86. The van der Waals surface area contributed by atoms with Crippen LogP contribution in [0.3, 0.4) is 0 Å². The molecule has 3 heterocycles. The molecule has 1 saturated heterocycles. The molecule has 3 N–H and O–H groups in total. The van der Waals surface area contributed by atoms with Crippen LogP contribution >= 0.6 is 15.9 Å². The number of piperidine rings is 1. The van der Waals surface area contributed by atoms with Gasteiger partial charge in [-0.25, -0.2) is 0 Å². The van der Waals surface area contributed by atoms with Gasteiger partial charge in [-0.1, -0.05) is 36.4 Å². The number of benzene rings is 2. The van der Waals surface area contributed by atoms with E-state index in [0.29, 0.717) is 34.3 Å². The first-order chi connectivity index (χ1) is 14.2. The highest BCUT2D eigenvalue weighted by Gasteiger charge is 2.19. The van der Waals surface area contributed by atoms with Gasteiger partial charge in [-0.05, 0) is 70.2 Å². The fraction of sp³-hybridized carbons (Fsp3) is 0.273. The van der Waals surface area contributed by atoms with Crippen LogP contribution in [0.25, 0.3) is 27.5 Å². The predicted molar refractivity (Wildman–Crippen MR) is 119 cm³/mol. The van der Waals surface area contributed by atoms with Crippen molar-refractivity contribution < 1.29 is 4.74 Å². The van der Waals surface area contributed by atoms with E-state index in [9.17, 15) is 0 Å². The number of nitrogen functional groups attached to an aromatic ring is 1. The van der Waals surface area contributed by atoms with Crippen molar-refractivity contribution in [2.24, 2.45) is 5.92 Å². The number of aromatic nitrogens is 3. The van der Waals surface area contributed by atoms with Crippen LogP contribution < -0.4 is 15.8 Å². The molecule has 1 aliphatic rings. The molecule has 0 unspecified atom stereocenters. The number of nitrogens with one attached hydrogen (secondary N) is 1. The Morgan fingerprint density at radius 2 is 1.93 bits per heavy atom. The van der Waals surface area contributed by atoms with Gasteiger partial charge in [0.1, 0.15) is 10.3 Å². The molecule has 5 rings (SSSR count). The molecule has 148 valence electrons. The van der Waals surface area contributed by atoms with Gasteiger partial charge in [0.15, 0.2) is 5.65 Å². The van der Waals surface area contributed by atoms with Crippen LogP contribution in [0.2, 0.25) is 0 Å². The summed E-state index contributed by atoms with van der Waals surface area (Å²) in [7, 11) is 0. The van der Waals surface area contributed by atoms with E-state index in [1.54, 1.807) is 4.52 Å². The lowest BCUT2D eigenvalue weighted by atomic mass is 9.99. The summed E-state index contributed by atoms with van der Waals surface area (Å²) in [4.78, 5) is 4.77. The molecule has 0 aliphatic carbocycles. The van der Waals surface area contributed by atoms with Crippen LogP contribution in [0.5, 0.6) is 5.88 Å². The zero-order valence-corrected chi connectivity index (χ0v) is 17.5. The lowest BCUT2D eigenvalue weighted by Gasteiger charge is -2.22. The van der Waals surface area contributed by atoms with Gasteiger partial charge < -0.3 is 15.8 Å². The fourth-order valence-corrected chi connectivity index (χ4v) is 4.25. The molecule has 0 amide bonds. The fourth-order valence-electron chi connectivity index (χ4n) is 3.87. The number of hydrogen-bond acceptors (Lipinski definition) is 5. The van der Waals surface area contributed by atoms with Crippen molar-refractivity contribution in [3.63, 3.8) is 0 Å². The van der Waals surface area contributed by atoms with Crippen LogP contribution in [0, 0.1) is 5.92 Å². The van der Waals surface area contributed by atoms with E-state index < -0.39 is 0 Å². The Morgan fingerprint density at radius 1 is 1.14 bits per heavy atom. The third-order valence-corrected chi connectivity index (χ3v) is 6.31. The van der Waals surface area contributed by atoms with Gasteiger partial charge in [0.05, 0.1) is 12.8 Å². The third kappa shape index (κ3) is 3.45. The van der Waals surface area contributed by atoms with E-state index in [0.717, 1.165) is 37.1 Å². The van der Waals surface area contributed by atoms with Crippen LogP contribution in [0.15, 0.2) is 53.1 Å². The van der Waals surface area contributed by atoms with Gasteiger partial charge in [0.25, 0.3) is 0 Å². The second-order valence-electron chi connectivity index (χ2n) is 7.48. The maximum Gasteiger partial charge on any atom is 0.233 e. The van der Waals surface area contributed by atoms with Gasteiger partial charge in [0, 0.05) is 5.56 Å². The van der Waals surface area contributed by atoms with E-state index in [4.69, 9.17) is 15.5 Å². The van der Waals surface area contributed by atoms with Crippen molar-refractivity contribution in [3.8, 4) is 17.0 Å². The SMILES string of the molecule is Nc1c(Br)c(OCC2CCNCC2)nc2c(-c3ccc4ccccc4c3)cnn12. The zero-order valence-electron chi connectivity index (χ0n) is 15.9. The normalized spacial score (nSPS) is 15.2. The van der Waals surface area contributed by atoms with E-state index in [1.807, 2.05) is 18.3 Å². The van der Waals surface area contributed by atoms with E-state index in [1.165, 1.54) is 10.8 Å². The molecule has 2 aromatic heterocycles. The van der Waals surface area contributed by atoms with Gasteiger partial charge >= 0.3 is 0 Å². The Balaban J connectivity index is 1.53. The van der Waals surface area contributed by atoms with Crippen molar-refractivity contribution in [1.29, 1.82) is 0 Å². The summed E-state index contributed by atoms with van der Waals surface area (Å²) in [6.07, 6.45) is 4.04. The Kier molecular flexibility index (Phi) is 4.85. The Labute approximate surface area is 177 Å². The molecule has 1 fully saturated rings. The first kappa shape index (κ1) is 18.4. The van der Waals surface area contributed by atoms with Gasteiger partial charge in [-0.3, -0.25) is 0 Å². The standard InChI is InChI=1S/C22H22BrN5O/c23-19-20(24)28-21(27-22(19)29-13-14-7-9-25-10-8-14)18(12-26-28)17-6-5-15-3-1-2-4-16(15)11-17/h1-6,11-12,14,25H,7-10,13,24H2. The molecular formula is C22H22BrN5O. The average molecular weight is 452 g/mol. The Hall–Kier alpha value is -2.64. The summed E-state index contributed by atoms with van der Waals surface area (Å²) in [5.74, 6) is 1.55. The lowest BCUT2D eigenvalue weighted by Crippen LogP contribution is -2.30. The minimum Gasteiger partial charge on any atom is -0.476 e. The number of anilines is 1. The molecule has 0 bridgehead atoms. The van der Waals surface area contributed by atoms with Crippen LogP contribution in [-0.2, 0) is 0 Å². The molecular weight excluding hydrogens is 430 g/mol. The Bertz CT molecular complexity index is 1180. The number of hydrogen-bond donors (Lipinski definition) is 2. The maximum absolute atomic E-state index is 6.33. The number of nitrogens with two attached hydrogens (primary N) is 1. The van der Waals surface area contributed by atoms with E-state index in [2.05, 4.69) is 56.7 Å². The molecule has 0 saturated carbocycles. The maximum atomic E-state index is 6.33. The first-order valence-corrected chi connectivity index (χ1v) is 10.7. The number of rotatable bonds is 4. The molecule has 0 radical (unpaired) electrons. The molecule has 2 aromatic carbocycles. The summed E-state index contributed by atoms with van der Waals surface area (Å²) < 4.78 is 8.39. The minimum absolute atomic E-state index is 0.488. The zero-order chi connectivity index (χ0) is 19.8. The van der Waals surface area contributed by atoms with Crippen LogP contribution in [-0.4, -0.2) is 34.3 Å². The van der Waals surface area contributed by atoms with Gasteiger partial charge in [0.2, 0.25) is 5.88 Å². The van der Waals surface area contributed by atoms with Gasteiger partial charge in [-0.2, -0.15) is 14.6 Å². The minimum atomic E-state index is 0.488. The summed E-state index contributed by atoms with van der Waals surface area (Å²) >= 11 is 3.54. The number of nitrogens with zero attached hydrogens (tertiary/aromatic N) is 3. The number of ether oxygens (including phenoxy) is 1. The molecule has 6 nitrogen and oxygen atoms in total. The van der Waals surface area contributed by atoms with Gasteiger partial charge in [-0.15, -0.1) is 0 Å². The van der Waals surface area contributed by atoms with E-state index >= 15 is 0 Å². The number of halogens is 1. The summed E-state index contributed by atoms with van der Waals surface area (Å²) in [5, 5.41) is 10.2. The topological polar surface area (TPSA) is 77.5 Å². The molecule has 0 atom stereocenters. The van der Waals surface area contributed by atoms with Crippen molar-refractivity contribution in [1.82, 2.24) is 19.9 Å². The highest BCUT2D eigenvalue weighted by molar-refractivity contribution is 9.10. The predicted octanol–water partition coefficient (Wildman–Crippen LogP) is 4.27. The van der Waals surface area contributed by atoms with E-state index in [-0.39, 0.29) is 0 Å². The average Bonchev–Trinajstić information content (AvgIpc) is 3.19. The second kappa shape index (κ2) is 7.65. The highest BCUT2D eigenvalue weighted by atomic mass is 79.9. The van der Waals surface area contributed by atoms with Crippen molar-refractivity contribution >= 4 is 38.2 Å². The van der Waals surface area contributed by atoms with Crippen molar-refractivity contribution in [2.45, 2.75) is 12.8 Å². The largest absolute Gasteiger partial charge is 0.476 e. The molecule has 4 aromatic rings. The molecule has 0 spiro atoms. The smallest absolute Gasteiger partial charge is 0.233 e. The summed E-state index contributed by atoms with van der Waals surface area (Å²) in [5.41, 5.74) is 9.01. The molecule has 1 aliphatic heterocycles. The highest BCUT2D eigenvalue weighted by Crippen LogP contribution is 2.34. The quantitative estimate of drug-likeness (QED) is 0.484. The van der Waals surface area contributed by atoms with Crippen molar-refractivity contribution in [2.75, 3.05) is 25.4 Å². The monoisotopic (exact) mass is 451 g/mol. The van der Waals surface area contributed by atoms with Crippen LogP contribution in [0.4, 0.5) is 5.82 Å². The summed E-state index contributed by atoms with van der Waals surface area (Å²) in [6, 6.07) is 14.7. The number of fused-ring (bicyclic) bond motifs is 2. The second-order valence-corrected chi connectivity index (χ2v) is 8.27. The Morgan fingerprint density at radius 3 is 2.76 bits per heavy atom. The third-order valence-electron chi connectivity index (χ3n) is 5.57. The molecule has 7 heteroatoms.